The van der Waals surface area contributed by atoms with Gasteiger partial charge >= 0.3 is 5.97 Å². The lowest BCUT2D eigenvalue weighted by molar-refractivity contribution is -0.150. The van der Waals surface area contributed by atoms with Crippen LogP contribution in [0.4, 0.5) is 5.13 Å². The van der Waals surface area contributed by atoms with Crippen molar-refractivity contribution >= 4 is 74.8 Å². The van der Waals surface area contributed by atoms with Gasteiger partial charge in [-0.25, -0.2) is 14.5 Å². The number of nitrogens with two attached hydrogens (primary N) is 1. The van der Waals surface area contributed by atoms with Crippen LogP contribution >= 0.6 is 46.2 Å². The van der Waals surface area contributed by atoms with E-state index in [1.807, 2.05) is 6.92 Å². The number of nitrogens with one attached hydrogen (secondary N) is 1. The molecule has 19 heteroatoms. The number of nitrogen functional groups attached to an aromatic ring is 1. The van der Waals surface area contributed by atoms with Crippen LogP contribution in [0.15, 0.2) is 38.7 Å². The van der Waals surface area contributed by atoms with E-state index >= 15 is 0 Å². The average Bonchev–Trinajstić information content (AvgIpc) is 3.70. The highest BCUT2D eigenvalue weighted by atomic mass is 32.2. The number of tetrazole rings is 1. The Morgan fingerprint density at radius 2 is 2.23 bits per heavy atom. The summed E-state index contributed by atoms with van der Waals surface area (Å²) in [6, 6.07) is -1.10. The largest absolute Gasteiger partial charge is 0.477 e. The molecule has 3 aromatic heterocycles. The van der Waals surface area contributed by atoms with Crippen molar-refractivity contribution in [3.8, 4) is 0 Å². The van der Waals surface area contributed by atoms with Crippen LogP contribution in [0, 0.1) is 0 Å². The van der Waals surface area contributed by atoms with E-state index in [4.69, 9.17) is 10.6 Å². The summed E-state index contributed by atoms with van der Waals surface area (Å²) in [6.45, 7) is 1.94. The first-order chi connectivity index (χ1) is 18.8. The van der Waals surface area contributed by atoms with Gasteiger partial charge in [-0.2, -0.15) is 0 Å². The summed E-state index contributed by atoms with van der Waals surface area (Å²) in [5.74, 6) is -1.87. The van der Waals surface area contributed by atoms with E-state index in [2.05, 4.69) is 36.0 Å². The number of rotatable bonds is 10. The number of carboxylic acid groups (broad SMARTS) is 1. The predicted molar refractivity (Wildman–Crippen MR) is 144 cm³/mol. The lowest BCUT2D eigenvalue weighted by Crippen LogP contribution is -2.71. The average molecular weight is 609 g/mol. The maximum absolute atomic E-state index is 13.1. The molecule has 0 radical (unpaired) electrons. The van der Waals surface area contributed by atoms with E-state index in [0.29, 0.717) is 16.5 Å². The number of aliphatic carboxylic acids is 1. The van der Waals surface area contributed by atoms with Crippen LogP contribution in [0.5, 0.6) is 0 Å². The third kappa shape index (κ3) is 5.21. The molecule has 39 heavy (non-hydrogen) atoms. The molecule has 2 amide bonds. The van der Waals surface area contributed by atoms with Gasteiger partial charge in [-0.15, -0.1) is 39.5 Å². The Hall–Kier alpha value is -3.55. The van der Waals surface area contributed by atoms with E-state index in [1.54, 1.807) is 21.8 Å². The van der Waals surface area contributed by atoms with E-state index in [1.165, 1.54) is 46.9 Å². The number of aromatic nitrogens is 6. The van der Waals surface area contributed by atoms with E-state index < -0.39 is 29.2 Å². The SMILES string of the molecule is CON=C(C(=O)N[C@@H]1C(=O)N2C(C(=O)O)=C(CSc3nnnn3C(C)c3cncs3)CS[C@@H]12)c1csc(N)n1. The van der Waals surface area contributed by atoms with Crippen molar-refractivity contribution in [3.63, 3.8) is 0 Å². The Kier molecular flexibility index (Phi) is 7.82. The molecule has 0 aliphatic carbocycles. The molecule has 3 aromatic rings. The molecule has 204 valence electrons. The molecule has 0 aromatic carbocycles. The van der Waals surface area contributed by atoms with Crippen LogP contribution in [-0.2, 0) is 19.2 Å². The number of thioether (sulfide) groups is 2. The fraction of sp³-hybridized carbons (Fsp3) is 0.350. The van der Waals surface area contributed by atoms with Crippen LogP contribution in [-0.4, -0.2) is 93.7 Å². The molecular formula is C20H20N10O5S4. The van der Waals surface area contributed by atoms with Gasteiger partial charge < -0.3 is 21.0 Å². The van der Waals surface area contributed by atoms with Gasteiger partial charge in [0, 0.05) is 28.0 Å². The number of anilines is 1. The third-order valence-corrected chi connectivity index (χ3v) is 9.75. The molecule has 2 aliphatic rings. The van der Waals surface area contributed by atoms with Crippen molar-refractivity contribution in [1.82, 2.24) is 40.4 Å². The number of nitrogens with zero attached hydrogens (tertiary/aromatic N) is 8. The second-order valence-electron chi connectivity index (χ2n) is 8.09. The maximum Gasteiger partial charge on any atom is 0.352 e. The number of amides is 2. The summed E-state index contributed by atoms with van der Waals surface area (Å²) in [5.41, 5.74) is 7.89. The van der Waals surface area contributed by atoms with Crippen LogP contribution in [0.2, 0.25) is 0 Å². The Morgan fingerprint density at radius 3 is 2.90 bits per heavy atom. The van der Waals surface area contributed by atoms with Crippen LogP contribution in [0.3, 0.4) is 0 Å². The summed E-state index contributed by atoms with van der Waals surface area (Å²) >= 11 is 5.24. The van der Waals surface area contributed by atoms with Crippen LogP contribution < -0.4 is 11.1 Å². The van der Waals surface area contributed by atoms with Crippen molar-refractivity contribution < 1.29 is 24.3 Å². The fourth-order valence-corrected chi connectivity index (χ4v) is 7.57. The monoisotopic (exact) mass is 608 g/mol. The molecule has 0 bridgehead atoms. The Bertz CT molecular complexity index is 1470. The molecule has 4 N–H and O–H groups in total. The molecule has 5 rings (SSSR count). The minimum atomic E-state index is -1.23. The molecule has 5 heterocycles. The molecule has 0 saturated carbocycles. The summed E-state index contributed by atoms with van der Waals surface area (Å²) < 4.78 is 1.65. The zero-order valence-corrected chi connectivity index (χ0v) is 23.5. The lowest BCUT2D eigenvalue weighted by atomic mass is 10.0. The number of thiazole rings is 2. The summed E-state index contributed by atoms with van der Waals surface area (Å²) in [5, 5.41) is 29.9. The molecular weight excluding hydrogens is 589 g/mol. The smallest absolute Gasteiger partial charge is 0.352 e. The highest BCUT2D eigenvalue weighted by Gasteiger charge is 2.54. The number of hydrogen-bond donors (Lipinski definition) is 3. The van der Waals surface area contributed by atoms with Gasteiger partial charge in [-0.05, 0) is 22.9 Å². The molecule has 1 saturated heterocycles. The summed E-state index contributed by atoms with van der Waals surface area (Å²) in [4.78, 5) is 53.3. The van der Waals surface area contributed by atoms with Gasteiger partial charge in [-0.1, -0.05) is 16.9 Å². The second-order valence-corrected chi connectivity index (χ2v) is 11.9. The lowest BCUT2D eigenvalue weighted by Gasteiger charge is -2.49. The van der Waals surface area contributed by atoms with Crippen molar-refractivity contribution in [2.45, 2.75) is 29.5 Å². The number of carboxylic acids is 1. The Balaban J connectivity index is 1.30. The number of fused-ring (bicyclic) bond motifs is 1. The van der Waals surface area contributed by atoms with Gasteiger partial charge in [0.15, 0.2) is 10.8 Å². The number of carbonyl (C=O) groups is 3. The maximum atomic E-state index is 13.1. The number of carbonyl (C=O) groups excluding carboxylic acids is 2. The van der Waals surface area contributed by atoms with Gasteiger partial charge in [0.25, 0.3) is 11.8 Å². The first kappa shape index (κ1) is 27.0. The van der Waals surface area contributed by atoms with Gasteiger partial charge in [0.05, 0.1) is 11.6 Å². The van der Waals surface area contributed by atoms with E-state index in [0.717, 1.165) is 16.2 Å². The van der Waals surface area contributed by atoms with Crippen LogP contribution in [0.25, 0.3) is 0 Å². The molecule has 2 aliphatic heterocycles. The molecule has 0 spiro atoms. The van der Waals surface area contributed by atoms with E-state index in [9.17, 15) is 19.5 Å². The molecule has 3 atom stereocenters. The first-order valence-corrected chi connectivity index (χ1v) is 14.9. The number of β-lactam (4-membered cyclic amide) rings is 1. The highest BCUT2D eigenvalue weighted by Crippen LogP contribution is 2.41. The number of oxime groups is 1. The third-order valence-electron chi connectivity index (χ3n) is 5.77. The zero-order valence-electron chi connectivity index (χ0n) is 20.2. The Morgan fingerprint density at radius 1 is 1.41 bits per heavy atom. The van der Waals surface area contributed by atoms with Crippen LogP contribution in [0.1, 0.15) is 23.5 Å². The topological polar surface area (TPSA) is 204 Å². The predicted octanol–water partition coefficient (Wildman–Crippen LogP) is 0.659. The summed E-state index contributed by atoms with van der Waals surface area (Å²) in [6.07, 6.45) is 1.75. The number of hydrogen-bond acceptors (Lipinski definition) is 15. The molecule has 15 nitrogen and oxygen atoms in total. The van der Waals surface area contributed by atoms with Crippen molar-refractivity contribution in [2.75, 3.05) is 24.3 Å². The van der Waals surface area contributed by atoms with Crippen molar-refractivity contribution in [1.29, 1.82) is 0 Å². The van der Waals surface area contributed by atoms with E-state index in [-0.39, 0.29) is 34.0 Å². The zero-order chi connectivity index (χ0) is 27.7. The quantitative estimate of drug-likeness (QED) is 0.125. The fourth-order valence-electron chi connectivity index (χ4n) is 3.92. The molecule has 1 fully saturated rings. The standard InChI is InChI=1S/C20H20N10O5S4/c1-8(11-3-22-7-39-11)30-20(25-27-28-30)38-5-9-4-36-17-13(16(32)29(17)14(9)18(33)34)24-15(31)12(26-35-2)10-6-37-19(21)23-10/h3,6-8,13,17H,4-5H2,1-2H3,(H2,21,23)(H,24,31)(H,33,34)/t8?,13-,17+/m1/s1. The van der Waals surface area contributed by atoms with Gasteiger partial charge in [0.1, 0.15) is 29.9 Å². The normalized spacial score (nSPS) is 19.9. The van der Waals surface area contributed by atoms with Crippen molar-refractivity contribution in [2.24, 2.45) is 5.16 Å². The Labute approximate surface area is 236 Å². The first-order valence-electron chi connectivity index (χ1n) is 11.1. The second kappa shape index (κ2) is 11.3. The molecule has 1 unspecified atom stereocenters. The summed E-state index contributed by atoms with van der Waals surface area (Å²) in [7, 11) is 1.28. The highest BCUT2D eigenvalue weighted by molar-refractivity contribution is 8.01. The van der Waals surface area contributed by atoms with Gasteiger partial charge in [0.2, 0.25) is 5.16 Å². The van der Waals surface area contributed by atoms with Crippen molar-refractivity contribution in [3.05, 3.63) is 38.9 Å². The van der Waals surface area contributed by atoms with Gasteiger partial charge in [-0.3, -0.25) is 19.5 Å². The minimum absolute atomic E-state index is 0.102. The minimum Gasteiger partial charge on any atom is -0.477 e.